The van der Waals surface area contributed by atoms with Gasteiger partial charge in [-0.25, -0.2) is 0 Å². The second-order valence-corrected chi connectivity index (χ2v) is 3.26. The zero-order valence-corrected chi connectivity index (χ0v) is 30.2. The van der Waals surface area contributed by atoms with Gasteiger partial charge in [0.15, 0.2) is 0 Å². The molecule has 1 rings (SSSR count). The van der Waals surface area contributed by atoms with Crippen LogP contribution in [0.25, 0.3) is 0 Å². The third-order valence-electron chi connectivity index (χ3n) is 2.49. The monoisotopic (exact) mass is 1230 g/mol. The zero-order chi connectivity index (χ0) is 7.40. The van der Waals surface area contributed by atoms with Crippen LogP contribution in [0.4, 0.5) is 0 Å². The fourth-order valence-electron chi connectivity index (χ4n) is 1.76. The maximum absolute atomic E-state index is 4.13. The van der Waals surface area contributed by atoms with Gasteiger partial charge in [-0.3, -0.25) is 0 Å². The molecular weight excluding hydrogens is 1220 g/mol. The molecule has 0 aromatic carbocycles. The van der Waals surface area contributed by atoms with E-state index in [0.29, 0.717) is 0 Å². The first-order valence-electron chi connectivity index (χ1n) is 4.28. The van der Waals surface area contributed by atoms with Crippen LogP contribution in [0, 0.1) is 32.1 Å². The van der Waals surface area contributed by atoms with Crippen LogP contribution in [-0.2, 0) is 171 Å². The molecule has 1 fully saturated rings. The Kier molecular flexibility index (Phi) is 75.6. The molecule has 17 heavy (non-hydrogen) atoms. The molecule has 1 aliphatic carbocycles. The van der Waals surface area contributed by atoms with Crippen molar-refractivity contribution in [2.24, 2.45) is 11.8 Å². The summed E-state index contributed by atoms with van der Waals surface area (Å²) in [6.45, 7) is 7.93. The van der Waals surface area contributed by atoms with Crippen molar-refractivity contribution in [2.75, 3.05) is 0 Å². The Bertz CT molecular complexity index is 109. The molecule has 0 N–H and O–H groups in total. The molecule has 0 heterocycles. The van der Waals surface area contributed by atoms with Crippen LogP contribution < -0.4 is 0 Å². The summed E-state index contributed by atoms with van der Waals surface area (Å²) in [5.74, 6) is 1.60. The second kappa shape index (κ2) is 29.6. The van der Waals surface area contributed by atoms with Gasteiger partial charge in [0.05, 0.1) is 0 Å². The van der Waals surface area contributed by atoms with Gasteiger partial charge in [0.2, 0.25) is 0 Å². The zero-order valence-electron chi connectivity index (χ0n) is 9.88. The van der Waals surface area contributed by atoms with E-state index >= 15 is 0 Å². The topological polar surface area (TPSA) is 0 Å². The van der Waals surface area contributed by atoms with Gasteiger partial charge in [0.1, 0.15) is 0 Å². The minimum absolute atomic E-state index is 0. The van der Waals surface area contributed by atoms with Crippen LogP contribution in [0.3, 0.4) is 0 Å². The Balaban J connectivity index is -0.0000000286. The van der Waals surface area contributed by atoms with Gasteiger partial charge >= 0.3 is 0 Å². The predicted molar refractivity (Wildman–Crippen MR) is 45.1 cm³/mol. The summed E-state index contributed by atoms with van der Waals surface area (Å²) in [5.41, 5.74) is 0. The van der Waals surface area contributed by atoms with Crippen LogP contribution in [0.2, 0.25) is 0 Å². The van der Waals surface area contributed by atoms with E-state index in [2.05, 4.69) is 20.3 Å². The summed E-state index contributed by atoms with van der Waals surface area (Å²) >= 11 is 0. The van der Waals surface area contributed by atoms with E-state index in [0.717, 1.165) is 18.3 Å². The first-order chi connectivity index (χ1) is 4.84. The summed E-state index contributed by atoms with van der Waals surface area (Å²) in [6.07, 6.45) is 8.64. The van der Waals surface area contributed by atoms with E-state index in [-0.39, 0.29) is 171 Å². The van der Waals surface area contributed by atoms with Crippen molar-refractivity contribution in [2.45, 2.75) is 32.1 Å². The van der Waals surface area contributed by atoms with E-state index in [1.807, 2.05) is 0 Å². The molecule has 2 radical (unpaired) electrons. The molecule has 1 saturated carbocycles. The van der Waals surface area contributed by atoms with Crippen LogP contribution in [0.5, 0.6) is 0 Å². The Morgan fingerprint density at radius 3 is 1.71 bits per heavy atom. The van der Waals surface area contributed by atoms with E-state index in [4.69, 9.17) is 0 Å². The standard InChI is InChI=1S/C10H17.5W.2Y/c1-3-4-7-10-8-5-6-9(10)2;;;;;;;/h4,9-10H,1-3,5-8H2;;;;;;;/q-3;;;;;;;. The minimum Gasteiger partial charge on any atom is -0.372 e. The van der Waals surface area contributed by atoms with E-state index < -0.39 is 0 Å². The van der Waals surface area contributed by atoms with Crippen LogP contribution in [0.1, 0.15) is 32.1 Å². The first kappa shape index (κ1) is 43.3. The smallest absolute Gasteiger partial charge is 0 e. The molecule has 0 aromatic rings. The van der Waals surface area contributed by atoms with Crippen LogP contribution >= 0.6 is 0 Å². The Morgan fingerprint density at radius 2 is 1.41 bits per heavy atom. The van der Waals surface area contributed by atoms with Gasteiger partial charge < -0.3 is 26.7 Å². The van der Waals surface area contributed by atoms with Gasteiger partial charge in [-0.15, -0.1) is 0 Å². The predicted octanol–water partition coefficient (Wildman–Crippen LogP) is 3.04. The van der Waals surface area contributed by atoms with E-state index in [1.54, 1.807) is 0 Å². The van der Waals surface area contributed by atoms with Crippen molar-refractivity contribution < 1.29 is 171 Å². The van der Waals surface area contributed by atoms with Crippen molar-refractivity contribution in [3.8, 4) is 0 Å². The first-order valence-corrected chi connectivity index (χ1v) is 4.28. The quantitative estimate of drug-likeness (QED) is 0.382. The summed E-state index contributed by atoms with van der Waals surface area (Å²) in [4.78, 5) is 0. The maximum Gasteiger partial charge on any atom is 0 e. The third-order valence-corrected chi connectivity index (χ3v) is 2.49. The summed E-state index contributed by atoms with van der Waals surface area (Å²) in [5, 5.41) is 0. The molecule has 0 aliphatic heterocycles. The van der Waals surface area contributed by atoms with Gasteiger partial charge in [0, 0.05) is 171 Å². The minimum atomic E-state index is 0. The van der Waals surface area contributed by atoms with Crippen LogP contribution in [0.15, 0.2) is 0 Å². The summed E-state index contributed by atoms with van der Waals surface area (Å²) < 4.78 is 0. The molecule has 2 unspecified atom stereocenters. The fraction of sp³-hybridized carbons (Fsp3) is 0.700. The van der Waals surface area contributed by atoms with Gasteiger partial charge in [-0.05, 0) is 0 Å². The Labute approximate surface area is 230 Å². The van der Waals surface area contributed by atoms with Crippen molar-refractivity contribution in [1.82, 2.24) is 0 Å². The number of hydrogen-bond donors (Lipinski definition) is 0. The SMILES string of the molecule is [CH2-]C[CH-]CC1CCCC1[CH2-].[W].[W].[W].[W].[W].[Y].[Y]. The molecule has 0 aromatic heterocycles. The molecule has 0 saturated heterocycles. The molecule has 1 aliphatic rings. The molecule has 0 bridgehead atoms. The number of hydrogen-bond acceptors (Lipinski definition) is 0. The number of unbranched alkanes of at least 4 members (excludes halogenated alkanes) is 1. The molecule has 0 amide bonds. The molecule has 7 heteroatoms. The van der Waals surface area contributed by atoms with E-state index in [1.165, 1.54) is 25.7 Å². The summed E-state index contributed by atoms with van der Waals surface area (Å²) in [6, 6.07) is 0. The average Bonchev–Trinajstić information content (AvgIpc) is 2.31. The van der Waals surface area contributed by atoms with Gasteiger partial charge in [0.25, 0.3) is 0 Å². The van der Waals surface area contributed by atoms with Crippen molar-refractivity contribution in [3.05, 3.63) is 20.3 Å². The van der Waals surface area contributed by atoms with Crippen LogP contribution in [-0.4, -0.2) is 0 Å². The Hall–Kier alpha value is 5.65. The molecule has 0 spiro atoms. The largest absolute Gasteiger partial charge is 0.372 e. The van der Waals surface area contributed by atoms with Crippen molar-refractivity contribution >= 4 is 0 Å². The van der Waals surface area contributed by atoms with Crippen molar-refractivity contribution in [3.63, 3.8) is 0 Å². The average molecular weight is 1230 g/mol. The van der Waals surface area contributed by atoms with E-state index in [9.17, 15) is 0 Å². The molecule has 2 atom stereocenters. The third kappa shape index (κ3) is 21.6. The summed E-state index contributed by atoms with van der Waals surface area (Å²) in [7, 11) is 0. The molecular formula is C10H17W5Y2-3. The van der Waals surface area contributed by atoms with Gasteiger partial charge in [-0.1, -0.05) is 25.2 Å². The normalized spacial score (nSPS) is 19.4. The fourth-order valence-corrected chi connectivity index (χ4v) is 1.76. The van der Waals surface area contributed by atoms with Gasteiger partial charge in [-0.2, -0.15) is 12.3 Å². The molecule has 0 nitrogen and oxygen atoms in total. The Morgan fingerprint density at radius 1 is 0.941 bits per heavy atom. The second-order valence-electron chi connectivity index (χ2n) is 3.26. The maximum atomic E-state index is 4.13. The molecule has 96 valence electrons. The number of rotatable bonds is 3. The van der Waals surface area contributed by atoms with Crippen molar-refractivity contribution in [1.29, 1.82) is 0 Å².